The molecule has 2 aromatic carbocycles. The van der Waals surface area contributed by atoms with E-state index in [0.717, 1.165) is 34.6 Å². The van der Waals surface area contributed by atoms with Crippen LogP contribution in [0.2, 0.25) is 0 Å². The van der Waals surface area contributed by atoms with Gasteiger partial charge in [-0.3, -0.25) is 4.79 Å². The lowest BCUT2D eigenvalue weighted by Gasteiger charge is -2.18. The zero-order chi connectivity index (χ0) is 26.3. The van der Waals surface area contributed by atoms with Crippen LogP contribution in [-0.4, -0.2) is 43.2 Å². The van der Waals surface area contributed by atoms with Gasteiger partial charge in [0.05, 0.1) is 19.1 Å². The molecule has 3 aliphatic rings. The number of nitrogens with zero attached hydrogens (tertiary/aromatic N) is 1. The van der Waals surface area contributed by atoms with Gasteiger partial charge in [0.2, 0.25) is 0 Å². The highest BCUT2D eigenvalue weighted by molar-refractivity contribution is 6.01. The Kier molecular flexibility index (Phi) is 8.19. The molecule has 1 fully saturated rings. The first-order valence-electron chi connectivity index (χ1n) is 13.1. The van der Waals surface area contributed by atoms with Crippen molar-refractivity contribution >= 4 is 11.7 Å². The van der Waals surface area contributed by atoms with Crippen LogP contribution in [0.25, 0.3) is 0 Å². The number of oxime groups is 1. The summed E-state index contributed by atoms with van der Waals surface area (Å²) in [6, 6.07) is 19.7. The van der Waals surface area contributed by atoms with Gasteiger partial charge in [-0.1, -0.05) is 90.1 Å². The molecule has 0 aliphatic heterocycles. The highest BCUT2D eigenvalue weighted by atomic mass is 16.6. The van der Waals surface area contributed by atoms with E-state index in [9.17, 15) is 9.90 Å². The SMILES string of the molecule is CO/N=C(\COC1=CCC(COC2C3C=CC(C(CC(=O)O)c4ccccc4)=CC32)C=C1)c1ccccc1. The van der Waals surface area contributed by atoms with Gasteiger partial charge in [0.25, 0.3) is 0 Å². The molecule has 1 saturated carbocycles. The lowest BCUT2D eigenvalue weighted by Crippen LogP contribution is -2.14. The molecule has 0 aromatic heterocycles. The number of rotatable bonds is 12. The summed E-state index contributed by atoms with van der Waals surface area (Å²) in [6.07, 6.45) is 13.8. The van der Waals surface area contributed by atoms with Gasteiger partial charge in [0.15, 0.2) is 0 Å². The molecule has 196 valence electrons. The first-order valence-corrected chi connectivity index (χ1v) is 13.1. The van der Waals surface area contributed by atoms with Gasteiger partial charge < -0.3 is 19.4 Å². The van der Waals surface area contributed by atoms with Crippen molar-refractivity contribution in [2.45, 2.75) is 24.9 Å². The first-order chi connectivity index (χ1) is 18.6. The summed E-state index contributed by atoms with van der Waals surface area (Å²) in [5, 5.41) is 13.6. The standard InChI is InChI=1S/C32H33NO5/c1-36-33-30(24-10-6-3-7-11-24)21-37-26-15-12-22(13-16-26)20-38-32-27-17-14-25(18-29(27)32)28(19-31(34)35)23-8-4-2-5-9-23/h2-12,14-18,22,27-29,32H,13,19-21H2,1H3,(H,34,35)/b33-30+. The third kappa shape index (κ3) is 6.32. The molecule has 1 N–H and O–H groups in total. The quantitative estimate of drug-likeness (QED) is 0.284. The van der Waals surface area contributed by atoms with Gasteiger partial charge in [0.1, 0.15) is 25.2 Å². The van der Waals surface area contributed by atoms with Gasteiger partial charge in [-0.15, -0.1) is 0 Å². The van der Waals surface area contributed by atoms with Gasteiger partial charge in [-0.2, -0.15) is 0 Å². The maximum absolute atomic E-state index is 11.5. The van der Waals surface area contributed by atoms with E-state index in [1.165, 1.54) is 7.11 Å². The molecule has 6 heteroatoms. The molecule has 5 unspecified atom stereocenters. The normalized spacial score (nSPS) is 24.6. The predicted octanol–water partition coefficient (Wildman–Crippen LogP) is 5.90. The second-order valence-corrected chi connectivity index (χ2v) is 9.88. The number of hydrogen-bond donors (Lipinski definition) is 1. The van der Waals surface area contributed by atoms with Crippen LogP contribution in [0.15, 0.2) is 114 Å². The molecular formula is C32H33NO5. The number of fused-ring (bicyclic) bond motifs is 1. The van der Waals surface area contributed by atoms with Crippen molar-refractivity contribution in [2.24, 2.45) is 22.9 Å². The summed E-state index contributed by atoms with van der Waals surface area (Å²) in [6.45, 7) is 0.972. The minimum Gasteiger partial charge on any atom is -0.487 e. The molecule has 0 bridgehead atoms. The maximum Gasteiger partial charge on any atom is 0.304 e. The van der Waals surface area contributed by atoms with E-state index in [0.29, 0.717) is 31.0 Å². The van der Waals surface area contributed by atoms with Crippen LogP contribution < -0.4 is 0 Å². The lowest BCUT2D eigenvalue weighted by atomic mass is 9.85. The number of aliphatic carboxylic acids is 1. The van der Waals surface area contributed by atoms with Gasteiger partial charge in [-0.25, -0.2) is 0 Å². The molecule has 6 nitrogen and oxygen atoms in total. The summed E-state index contributed by atoms with van der Waals surface area (Å²) in [5.74, 6) is 0.867. The van der Waals surface area contributed by atoms with Crippen LogP contribution in [-0.2, 0) is 19.1 Å². The highest BCUT2D eigenvalue weighted by Gasteiger charge is 2.50. The van der Waals surface area contributed by atoms with E-state index in [-0.39, 0.29) is 18.4 Å². The van der Waals surface area contributed by atoms with Crippen LogP contribution in [0.1, 0.15) is 29.9 Å². The monoisotopic (exact) mass is 511 g/mol. The van der Waals surface area contributed by atoms with E-state index < -0.39 is 5.97 Å². The summed E-state index contributed by atoms with van der Waals surface area (Å²) in [4.78, 5) is 16.5. The molecule has 2 aromatic rings. The van der Waals surface area contributed by atoms with E-state index in [1.807, 2.05) is 66.7 Å². The fourth-order valence-electron chi connectivity index (χ4n) is 5.18. The number of carboxylic acid groups (broad SMARTS) is 1. The van der Waals surface area contributed by atoms with Crippen LogP contribution in [0, 0.1) is 17.8 Å². The third-order valence-corrected chi connectivity index (χ3v) is 7.28. The summed E-state index contributed by atoms with van der Waals surface area (Å²) >= 11 is 0. The van der Waals surface area contributed by atoms with Crippen LogP contribution >= 0.6 is 0 Å². The molecule has 0 heterocycles. The number of benzene rings is 2. The summed E-state index contributed by atoms with van der Waals surface area (Å²) in [7, 11) is 1.54. The van der Waals surface area contributed by atoms with Gasteiger partial charge in [-0.05, 0) is 29.7 Å². The minimum absolute atomic E-state index is 0.0802. The Morgan fingerprint density at radius 1 is 1.03 bits per heavy atom. The number of allylic oxidation sites excluding steroid dienone is 4. The van der Waals surface area contributed by atoms with Crippen molar-refractivity contribution in [3.63, 3.8) is 0 Å². The Hall–Kier alpha value is -3.90. The van der Waals surface area contributed by atoms with Crippen LogP contribution in [0.3, 0.4) is 0 Å². The Bertz CT molecular complexity index is 1260. The fourth-order valence-corrected chi connectivity index (χ4v) is 5.18. The van der Waals surface area contributed by atoms with Crippen molar-refractivity contribution in [1.82, 2.24) is 0 Å². The minimum atomic E-state index is -0.790. The van der Waals surface area contributed by atoms with Crippen molar-refractivity contribution in [1.29, 1.82) is 0 Å². The Morgan fingerprint density at radius 3 is 2.47 bits per heavy atom. The van der Waals surface area contributed by atoms with Crippen molar-refractivity contribution in [3.05, 3.63) is 120 Å². The largest absolute Gasteiger partial charge is 0.487 e. The number of hydrogen-bond acceptors (Lipinski definition) is 5. The van der Waals surface area contributed by atoms with Crippen molar-refractivity contribution in [3.8, 4) is 0 Å². The molecule has 38 heavy (non-hydrogen) atoms. The summed E-state index contributed by atoms with van der Waals surface area (Å²) in [5.41, 5.74) is 3.81. The van der Waals surface area contributed by atoms with Gasteiger partial charge in [0, 0.05) is 29.2 Å². The van der Waals surface area contributed by atoms with Crippen molar-refractivity contribution in [2.75, 3.05) is 20.3 Å². The number of carboxylic acids is 1. The zero-order valence-corrected chi connectivity index (χ0v) is 21.5. The average molecular weight is 512 g/mol. The zero-order valence-electron chi connectivity index (χ0n) is 21.5. The Labute approximate surface area is 223 Å². The van der Waals surface area contributed by atoms with Crippen molar-refractivity contribution < 1.29 is 24.2 Å². The first kappa shape index (κ1) is 25.7. The second kappa shape index (κ2) is 12.1. The predicted molar refractivity (Wildman–Crippen MR) is 147 cm³/mol. The summed E-state index contributed by atoms with van der Waals surface area (Å²) < 4.78 is 12.3. The molecule has 0 spiro atoms. The Morgan fingerprint density at radius 2 is 1.79 bits per heavy atom. The fraction of sp³-hybridized carbons (Fsp3) is 0.312. The topological polar surface area (TPSA) is 77.3 Å². The van der Waals surface area contributed by atoms with Crippen LogP contribution in [0.4, 0.5) is 0 Å². The highest BCUT2D eigenvalue weighted by Crippen LogP contribution is 2.49. The molecule has 5 atom stereocenters. The maximum atomic E-state index is 11.5. The smallest absolute Gasteiger partial charge is 0.304 e. The molecule has 0 amide bonds. The van der Waals surface area contributed by atoms with E-state index in [4.69, 9.17) is 14.3 Å². The Balaban J connectivity index is 1.11. The second-order valence-electron chi connectivity index (χ2n) is 9.88. The molecule has 5 rings (SSSR count). The molecule has 0 radical (unpaired) electrons. The van der Waals surface area contributed by atoms with E-state index in [2.05, 4.69) is 35.5 Å². The molecule has 0 saturated heterocycles. The number of carbonyl (C=O) groups is 1. The number of ether oxygens (including phenoxy) is 2. The third-order valence-electron chi connectivity index (χ3n) is 7.28. The van der Waals surface area contributed by atoms with Gasteiger partial charge >= 0.3 is 5.97 Å². The van der Waals surface area contributed by atoms with Crippen LogP contribution in [0.5, 0.6) is 0 Å². The molecule has 3 aliphatic carbocycles. The lowest BCUT2D eigenvalue weighted by molar-refractivity contribution is -0.137. The average Bonchev–Trinajstić information content (AvgIpc) is 3.66. The molecular weight excluding hydrogens is 478 g/mol. The van der Waals surface area contributed by atoms with E-state index >= 15 is 0 Å². The van der Waals surface area contributed by atoms with E-state index in [1.54, 1.807) is 0 Å².